The average molecular weight is 273 g/mol. The van der Waals surface area contributed by atoms with Gasteiger partial charge in [-0.1, -0.05) is 6.92 Å². The van der Waals surface area contributed by atoms with Gasteiger partial charge in [0.2, 0.25) is 0 Å². The number of carbonyl (C=O) groups is 2. The van der Waals surface area contributed by atoms with Crippen LogP contribution in [0.2, 0.25) is 0 Å². The van der Waals surface area contributed by atoms with E-state index in [1.165, 1.54) is 4.90 Å². The first-order valence-corrected chi connectivity index (χ1v) is 6.52. The van der Waals surface area contributed by atoms with Gasteiger partial charge < -0.3 is 19.8 Å². The smallest absolute Gasteiger partial charge is 0.410 e. The summed E-state index contributed by atoms with van der Waals surface area (Å²) in [5.41, 5.74) is -1.92. The van der Waals surface area contributed by atoms with Crippen molar-refractivity contribution in [1.82, 2.24) is 4.90 Å². The molecule has 1 aliphatic heterocycles. The highest BCUT2D eigenvalue weighted by Crippen LogP contribution is 2.34. The van der Waals surface area contributed by atoms with Crippen molar-refractivity contribution in [3.63, 3.8) is 0 Å². The molecule has 0 aromatic heterocycles. The van der Waals surface area contributed by atoms with Gasteiger partial charge in [0.15, 0.2) is 0 Å². The zero-order valence-electron chi connectivity index (χ0n) is 12.0. The maximum absolute atomic E-state index is 12.0. The minimum Gasteiger partial charge on any atom is -0.481 e. The summed E-state index contributed by atoms with van der Waals surface area (Å²) in [4.78, 5) is 24.8. The number of ether oxygens (including phenoxy) is 1. The van der Waals surface area contributed by atoms with E-state index < -0.39 is 29.2 Å². The highest BCUT2D eigenvalue weighted by atomic mass is 16.6. The van der Waals surface area contributed by atoms with Gasteiger partial charge in [-0.15, -0.1) is 0 Å². The van der Waals surface area contributed by atoms with Crippen LogP contribution in [0.25, 0.3) is 0 Å². The third kappa shape index (κ3) is 3.37. The molecule has 2 unspecified atom stereocenters. The minimum atomic E-state index is -1.30. The van der Waals surface area contributed by atoms with Crippen LogP contribution in [0.4, 0.5) is 4.79 Å². The number of rotatable bonds is 2. The zero-order valence-corrected chi connectivity index (χ0v) is 12.0. The Kier molecular flexibility index (Phi) is 4.45. The maximum Gasteiger partial charge on any atom is 0.410 e. The normalized spacial score (nSPS) is 28.1. The molecule has 2 N–H and O–H groups in total. The summed E-state index contributed by atoms with van der Waals surface area (Å²) >= 11 is 0. The van der Waals surface area contributed by atoms with Gasteiger partial charge in [-0.3, -0.25) is 4.79 Å². The van der Waals surface area contributed by atoms with Crippen LogP contribution in [0, 0.1) is 5.41 Å². The highest BCUT2D eigenvalue weighted by Gasteiger charge is 2.49. The Hall–Kier alpha value is -1.30. The number of piperidine rings is 1. The van der Waals surface area contributed by atoms with Crippen molar-refractivity contribution < 1.29 is 24.5 Å². The van der Waals surface area contributed by atoms with Crippen molar-refractivity contribution in [3.8, 4) is 0 Å². The van der Waals surface area contributed by atoms with E-state index in [-0.39, 0.29) is 19.4 Å². The molecule has 0 aromatic carbocycles. The van der Waals surface area contributed by atoms with Gasteiger partial charge in [-0.2, -0.15) is 0 Å². The molecule has 110 valence electrons. The lowest BCUT2D eigenvalue weighted by Gasteiger charge is -2.42. The summed E-state index contributed by atoms with van der Waals surface area (Å²) in [5, 5.41) is 19.3. The summed E-state index contributed by atoms with van der Waals surface area (Å²) in [6, 6.07) is 0. The number of aliphatic carboxylic acids is 1. The Morgan fingerprint density at radius 2 is 2.00 bits per heavy atom. The van der Waals surface area contributed by atoms with E-state index in [0.29, 0.717) is 6.54 Å². The predicted molar refractivity (Wildman–Crippen MR) is 68.8 cm³/mol. The van der Waals surface area contributed by atoms with E-state index in [9.17, 15) is 19.8 Å². The highest BCUT2D eigenvalue weighted by molar-refractivity contribution is 5.77. The number of nitrogens with zero attached hydrogens (tertiary/aromatic N) is 1. The molecule has 1 amide bonds. The van der Waals surface area contributed by atoms with Crippen LogP contribution in [-0.4, -0.2) is 52.0 Å². The van der Waals surface area contributed by atoms with Crippen LogP contribution in [0.3, 0.4) is 0 Å². The lowest BCUT2D eigenvalue weighted by molar-refractivity contribution is -0.163. The number of carboxylic acids is 1. The van der Waals surface area contributed by atoms with E-state index in [2.05, 4.69) is 0 Å². The number of hydrogen-bond donors (Lipinski definition) is 2. The number of aliphatic hydroxyl groups excluding tert-OH is 1. The molecule has 0 bridgehead atoms. The second-order valence-electron chi connectivity index (χ2n) is 6.02. The van der Waals surface area contributed by atoms with E-state index in [1.54, 1.807) is 27.7 Å². The first-order valence-electron chi connectivity index (χ1n) is 6.52. The molecule has 1 rings (SSSR count). The summed E-state index contributed by atoms with van der Waals surface area (Å²) in [5.74, 6) is -1.07. The number of amides is 1. The quantitative estimate of drug-likeness (QED) is 0.795. The molecule has 6 nitrogen and oxygen atoms in total. The fourth-order valence-electron chi connectivity index (χ4n) is 2.27. The molecule has 1 aliphatic rings. The van der Waals surface area contributed by atoms with Crippen molar-refractivity contribution in [2.24, 2.45) is 5.41 Å². The topological polar surface area (TPSA) is 87.1 Å². The molecule has 0 radical (unpaired) electrons. The number of carboxylic acid groups (broad SMARTS) is 1. The Morgan fingerprint density at radius 3 is 2.42 bits per heavy atom. The van der Waals surface area contributed by atoms with Crippen LogP contribution >= 0.6 is 0 Å². The van der Waals surface area contributed by atoms with E-state index >= 15 is 0 Å². The molecule has 1 heterocycles. The van der Waals surface area contributed by atoms with Crippen LogP contribution in [0.5, 0.6) is 0 Å². The molecular formula is C13H23NO5. The second-order valence-corrected chi connectivity index (χ2v) is 6.02. The van der Waals surface area contributed by atoms with Gasteiger partial charge in [-0.25, -0.2) is 4.79 Å². The standard InChI is InChI=1S/C13H23NO5/c1-5-13(10(16)17)8-14(7-6-9(13)15)11(18)19-12(2,3)4/h9,15H,5-8H2,1-4H3,(H,16,17). The van der Waals surface area contributed by atoms with Gasteiger partial charge in [-0.05, 0) is 33.6 Å². The largest absolute Gasteiger partial charge is 0.481 e. The first kappa shape index (κ1) is 15.8. The Bertz CT molecular complexity index is 363. The molecule has 0 saturated carbocycles. The molecule has 6 heteroatoms. The fourth-order valence-corrected chi connectivity index (χ4v) is 2.27. The second kappa shape index (κ2) is 5.36. The van der Waals surface area contributed by atoms with Crippen molar-refractivity contribution in [1.29, 1.82) is 0 Å². The van der Waals surface area contributed by atoms with Crippen molar-refractivity contribution >= 4 is 12.1 Å². The Morgan fingerprint density at radius 1 is 1.42 bits per heavy atom. The fraction of sp³-hybridized carbons (Fsp3) is 0.846. The number of hydrogen-bond acceptors (Lipinski definition) is 4. The van der Waals surface area contributed by atoms with E-state index in [1.807, 2.05) is 0 Å². The van der Waals surface area contributed by atoms with Gasteiger partial charge in [0.25, 0.3) is 0 Å². The van der Waals surface area contributed by atoms with E-state index in [0.717, 1.165) is 0 Å². The molecule has 0 aromatic rings. The SMILES string of the molecule is CCC1(C(=O)O)CN(C(=O)OC(C)(C)C)CCC1O. The summed E-state index contributed by atoms with van der Waals surface area (Å²) < 4.78 is 5.24. The van der Waals surface area contributed by atoms with Gasteiger partial charge >= 0.3 is 12.1 Å². The van der Waals surface area contributed by atoms with Crippen LogP contribution in [-0.2, 0) is 9.53 Å². The zero-order chi connectivity index (χ0) is 14.8. The molecule has 1 fully saturated rings. The van der Waals surface area contributed by atoms with Crippen LogP contribution < -0.4 is 0 Å². The lowest BCUT2D eigenvalue weighted by atomic mass is 9.75. The monoisotopic (exact) mass is 273 g/mol. The van der Waals surface area contributed by atoms with E-state index in [4.69, 9.17) is 4.74 Å². The summed E-state index contributed by atoms with van der Waals surface area (Å²) in [7, 11) is 0. The summed E-state index contributed by atoms with van der Waals surface area (Å²) in [6.45, 7) is 7.27. The number of carbonyl (C=O) groups excluding carboxylic acids is 1. The summed E-state index contributed by atoms with van der Waals surface area (Å²) in [6.07, 6.45) is -0.950. The minimum absolute atomic E-state index is 0.0189. The molecule has 0 spiro atoms. The van der Waals surface area contributed by atoms with Gasteiger partial charge in [0.05, 0.1) is 6.10 Å². The van der Waals surface area contributed by atoms with Crippen molar-refractivity contribution in [2.45, 2.75) is 52.2 Å². The van der Waals surface area contributed by atoms with Crippen molar-refractivity contribution in [2.75, 3.05) is 13.1 Å². The Balaban J connectivity index is 2.85. The molecule has 1 saturated heterocycles. The molecule has 0 aliphatic carbocycles. The van der Waals surface area contributed by atoms with Gasteiger partial charge in [0, 0.05) is 13.1 Å². The third-order valence-electron chi connectivity index (χ3n) is 3.49. The Labute approximate surface area is 113 Å². The number of aliphatic hydroxyl groups is 1. The molecule has 19 heavy (non-hydrogen) atoms. The maximum atomic E-state index is 12.0. The van der Waals surface area contributed by atoms with Crippen LogP contribution in [0.1, 0.15) is 40.5 Å². The number of likely N-dealkylation sites (tertiary alicyclic amines) is 1. The predicted octanol–water partition coefficient (Wildman–Crippen LogP) is 1.47. The van der Waals surface area contributed by atoms with Crippen LogP contribution in [0.15, 0.2) is 0 Å². The first-order chi connectivity index (χ1) is 8.62. The molecular weight excluding hydrogens is 250 g/mol. The van der Waals surface area contributed by atoms with Crippen molar-refractivity contribution in [3.05, 3.63) is 0 Å². The average Bonchev–Trinajstić information content (AvgIpc) is 2.27. The van der Waals surface area contributed by atoms with Gasteiger partial charge in [0.1, 0.15) is 11.0 Å². The molecule has 2 atom stereocenters. The lowest BCUT2D eigenvalue weighted by Crippen LogP contribution is -2.57. The third-order valence-corrected chi connectivity index (χ3v) is 3.49.